The molecule has 0 saturated heterocycles. The van der Waals surface area contributed by atoms with E-state index in [1.807, 2.05) is 0 Å². The summed E-state index contributed by atoms with van der Waals surface area (Å²) >= 11 is 6.79. The quantitative estimate of drug-likeness (QED) is 0.943. The second-order valence-corrected chi connectivity index (χ2v) is 7.97. The van der Waals surface area contributed by atoms with Gasteiger partial charge < -0.3 is 5.11 Å². The van der Waals surface area contributed by atoms with Gasteiger partial charge in [-0.1, -0.05) is 23.7 Å². The molecular formula is C12H12ClNO3S2. The Morgan fingerprint density at radius 1 is 1.21 bits per heavy atom. The molecule has 4 nitrogen and oxygen atoms in total. The molecule has 2 aromatic rings. The Balaban J connectivity index is 2.19. The summed E-state index contributed by atoms with van der Waals surface area (Å²) in [6, 6.07) is 9.48. The lowest BCUT2D eigenvalue weighted by Gasteiger charge is -2.16. The van der Waals surface area contributed by atoms with Crippen LogP contribution in [0.5, 0.6) is 5.75 Å². The summed E-state index contributed by atoms with van der Waals surface area (Å²) in [5.41, 5.74) is 0.798. The van der Waals surface area contributed by atoms with Crippen LogP contribution >= 0.6 is 22.9 Å². The molecule has 0 saturated carbocycles. The molecule has 1 aromatic carbocycles. The monoisotopic (exact) mass is 317 g/mol. The first-order valence-electron chi connectivity index (χ1n) is 5.39. The third kappa shape index (κ3) is 3.27. The van der Waals surface area contributed by atoms with E-state index in [1.54, 1.807) is 18.2 Å². The van der Waals surface area contributed by atoms with Gasteiger partial charge in [0.15, 0.2) is 0 Å². The van der Waals surface area contributed by atoms with Gasteiger partial charge in [-0.15, -0.1) is 11.3 Å². The zero-order valence-corrected chi connectivity index (χ0v) is 12.5. The van der Waals surface area contributed by atoms with Gasteiger partial charge in [0.2, 0.25) is 0 Å². The molecule has 0 aliphatic carbocycles. The van der Waals surface area contributed by atoms with Crippen LogP contribution < -0.4 is 0 Å². The van der Waals surface area contributed by atoms with Gasteiger partial charge in [0.1, 0.15) is 9.96 Å². The van der Waals surface area contributed by atoms with Gasteiger partial charge in [-0.05, 0) is 29.8 Å². The molecule has 2 rings (SSSR count). The minimum absolute atomic E-state index is 0.152. The van der Waals surface area contributed by atoms with Crippen LogP contribution in [-0.2, 0) is 16.6 Å². The van der Waals surface area contributed by atoms with Crippen molar-refractivity contribution in [3.05, 3.63) is 46.3 Å². The molecule has 1 aromatic heterocycles. The number of hydrogen-bond acceptors (Lipinski definition) is 4. The van der Waals surface area contributed by atoms with Gasteiger partial charge >= 0.3 is 0 Å². The first kappa shape index (κ1) is 14.3. The fourth-order valence-electron chi connectivity index (χ4n) is 1.53. The Kier molecular flexibility index (Phi) is 4.15. The van der Waals surface area contributed by atoms with E-state index in [2.05, 4.69) is 0 Å². The normalized spacial score (nSPS) is 11.9. The number of aromatic hydroxyl groups is 1. The molecule has 0 amide bonds. The highest BCUT2D eigenvalue weighted by molar-refractivity contribution is 7.91. The van der Waals surface area contributed by atoms with Crippen molar-refractivity contribution < 1.29 is 13.5 Å². The summed E-state index contributed by atoms with van der Waals surface area (Å²) in [6.07, 6.45) is 0. The largest absolute Gasteiger partial charge is 0.508 e. The SMILES string of the molecule is CN(Cc1ccc(O)cc1)S(=O)(=O)c1ccc(Cl)s1. The smallest absolute Gasteiger partial charge is 0.252 e. The fourth-order valence-corrected chi connectivity index (χ4v) is 4.39. The summed E-state index contributed by atoms with van der Waals surface area (Å²) in [4.78, 5) is 0. The highest BCUT2D eigenvalue weighted by atomic mass is 35.5. The second-order valence-electron chi connectivity index (χ2n) is 3.99. The van der Waals surface area contributed by atoms with Crippen molar-refractivity contribution in [1.29, 1.82) is 0 Å². The van der Waals surface area contributed by atoms with E-state index in [-0.39, 0.29) is 16.5 Å². The van der Waals surface area contributed by atoms with Crippen LogP contribution in [0, 0.1) is 0 Å². The zero-order chi connectivity index (χ0) is 14.0. The molecule has 102 valence electrons. The molecule has 0 aliphatic rings. The van der Waals surface area contributed by atoms with Crippen molar-refractivity contribution in [2.24, 2.45) is 0 Å². The van der Waals surface area contributed by atoms with Gasteiger partial charge in [-0.25, -0.2) is 8.42 Å². The molecule has 1 N–H and O–H groups in total. The van der Waals surface area contributed by atoms with Crippen molar-refractivity contribution in [3.63, 3.8) is 0 Å². The Bertz CT molecular complexity index is 665. The molecule has 0 atom stereocenters. The van der Waals surface area contributed by atoms with Crippen LogP contribution in [0.25, 0.3) is 0 Å². The average molecular weight is 318 g/mol. The number of benzene rings is 1. The predicted octanol–water partition coefficient (Wildman–Crippen LogP) is 2.93. The Morgan fingerprint density at radius 2 is 1.84 bits per heavy atom. The lowest BCUT2D eigenvalue weighted by Crippen LogP contribution is -2.25. The van der Waals surface area contributed by atoms with E-state index in [1.165, 1.54) is 29.6 Å². The molecular weight excluding hydrogens is 306 g/mol. The van der Waals surface area contributed by atoms with Crippen LogP contribution in [0.3, 0.4) is 0 Å². The third-order valence-electron chi connectivity index (χ3n) is 2.55. The molecule has 0 unspecified atom stereocenters. The maximum Gasteiger partial charge on any atom is 0.252 e. The van der Waals surface area contributed by atoms with Crippen molar-refractivity contribution in [2.45, 2.75) is 10.8 Å². The molecule has 7 heteroatoms. The Labute approximate surface area is 120 Å². The molecule has 0 radical (unpaired) electrons. The average Bonchev–Trinajstić information content (AvgIpc) is 2.79. The topological polar surface area (TPSA) is 57.6 Å². The first-order chi connectivity index (χ1) is 8.89. The minimum atomic E-state index is -3.52. The molecule has 0 aliphatic heterocycles. The summed E-state index contributed by atoms with van der Waals surface area (Å²) in [6.45, 7) is 0.234. The van der Waals surface area contributed by atoms with Crippen molar-refractivity contribution in [1.82, 2.24) is 4.31 Å². The van der Waals surface area contributed by atoms with E-state index in [4.69, 9.17) is 11.6 Å². The van der Waals surface area contributed by atoms with E-state index >= 15 is 0 Å². The van der Waals surface area contributed by atoms with Crippen LogP contribution in [0.2, 0.25) is 4.34 Å². The maximum atomic E-state index is 12.2. The standard InChI is InChI=1S/C12H12ClNO3S2/c1-14(8-9-2-4-10(15)5-3-9)19(16,17)12-7-6-11(13)18-12/h2-7,15H,8H2,1H3. The number of sulfonamides is 1. The molecule has 19 heavy (non-hydrogen) atoms. The minimum Gasteiger partial charge on any atom is -0.508 e. The van der Waals surface area contributed by atoms with Gasteiger partial charge in [0, 0.05) is 13.6 Å². The number of rotatable bonds is 4. The summed E-state index contributed by atoms with van der Waals surface area (Å²) in [5.74, 6) is 0.152. The van der Waals surface area contributed by atoms with E-state index in [0.717, 1.165) is 16.9 Å². The van der Waals surface area contributed by atoms with E-state index in [0.29, 0.717) is 4.34 Å². The number of nitrogens with zero attached hydrogens (tertiary/aromatic N) is 1. The lowest BCUT2D eigenvalue weighted by atomic mass is 10.2. The van der Waals surface area contributed by atoms with E-state index in [9.17, 15) is 13.5 Å². The van der Waals surface area contributed by atoms with E-state index < -0.39 is 10.0 Å². The summed E-state index contributed by atoms with van der Waals surface area (Å²) < 4.78 is 26.4. The van der Waals surface area contributed by atoms with Crippen LogP contribution in [0.1, 0.15) is 5.56 Å². The Hall–Kier alpha value is -1.08. The highest BCUT2D eigenvalue weighted by Crippen LogP contribution is 2.28. The number of phenolic OH excluding ortho intramolecular Hbond substituents is 1. The molecule has 0 bridgehead atoms. The fraction of sp³-hybridized carbons (Fsp3) is 0.167. The Morgan fingerprint density at radius 3 is 2.37 bits per heavy atom. The van der Waals surface area contributed by atoms with Crippen molar-refractivity contribution in [3.8, 4) is 5.75 Å². The number of thiophene rings is 1. The first-order valence-corrected chi connectivity index (χ1v) is 8.02. The zero-order valence-electron chi connectivity index (χ0n) is 10.1. The molecule has 1 heterocycles. The van der Waals surface area contributed by atoms with Gasteiger partial charge in [-0.2, -0.15) is 4.31 Å². The summed E-state index contributed by atoms with van der Waals surface area (Å²) in [5, 5.41) is 9.19. The van der Waals surface area contributed by atoms with Crippen LogP contribution in [-0.4, -0.2) is 24.9 Å². The van der Waals surface area contributed by atoms with Gasteiger partial charge in [0.05, 0.1) is 4.34 Å². The summed E-state index contributed by atoms with van der Waals surface area (Å²) in [7, 11) is -2.01. The highest BCUT2D eigenvalue weighted by Gasteiger charge is 2.22. The van der Waals surface area contributed by atoms with Crippen LogP contribution in [0.15, 0.2) is 40.6 Å². The number of hydrogen-bond donors (Lipinski definition) is 1. The van der Waals surface area contributed by atoms with Crippen molar-refractivity contribution in [2.75, 3.05) is 7.05 Å². The number of phenols is 1. The lowest BCUT2D eigenvalue weighted by molar-refractivity contribution is 0.465. The maximum absolute atomic E-state index is 12.2. The molecule has 0 fully saturated rings. The van der Waals surface area contributed by atoms with Gasteiger partial charge in [-0.3, -0.25) is 0 Å². The van der Waals surface area contributed by atoms with Crippen molar-refractivity contribution >= 4 is 33.0 Å². The van der Waals surface area contributed by atoms with Crippen LogP contribution in [0.4, 0.5) is 0 Å². The number of halogens is 1. The van der Waals surface area contributed by atoms with Gasteiger partial charge in [0.25, 0.3) is 10.0 Å². The predicted molar refractivity (Wildman–Crippen MR) is 76.1 cm³/mol. The second kappa shape index (κ2) is 5.50. The molecule has 0 spiro atoms. The third-order valence-corrected chi connectivity index (χ3v) is 6.06.